The number of ether oxygens (including phenoxy) is 1. The molecule has 2 N–H and O–H groups in total. The minimum atomic E-state index is -0.989. The van der Waals surface area contributed by atoms with Gasteiger partial charge in [-0.05, 0) is 78.6 Å². The number of carboxylic acid groups (broad SMARTS) is 1. The molecule has 0 saturated carbocycles. The van der Waals surface area contributed by atoms with Gasteiger partial charge < -0.3 is 14.9 Å². The Morgan fingerprint density at radius 2 is 1.88 bits per heavy atom. The lowest BCUT2D eigenvalue weighted by Crippen LogP contribution is -2.10. The van der Waals surface area contributed by atoms with Crippen molar-refractivity contribution in [3.63, 3.8) is 0 Å². The van der Waals surface area contributed by atoms with E-state index in [9.17, 15) is 9.90 Å². The van der Waals surface area contributed by atoms with E-state index in [1.807, 2.05) is 25.1 Å². The van der Waals surface area contributed by atoms with E-state index < -0.39 is 5.97 Å². The molecule has 0 aliphatic heterocycles. The van der Waals surface area contributed by atoms with Gasteiger partial charge in [-0.15, -0.1) is 0 Å². The highest BCUT2D eigenvalue weighted by atomic mass is 16.5. The molecule has 0 saturated heterocycles. The first-order valence-corrected chi connectivity index (χ1v) is 9.11. The average molecular weight is 356 g/mol. The number of hydrogen-bond donors (Lipinski definition) is 2. The molecular formula is C22H28O4. The minimum Gasteiger partial charge on any atom is -0.508 e. The van der Waals surface area contributed by atoms with Crippen molar-refractivity contribution in [2.45, 2.75) is 53.4 Å². The lowest BCUT2D eigenvalue weighted by Gasteiger charge is -2.21. The number of aryl methyl sites for hydroxylation is 2. The average Bonchev–Trinajstić information content (AvgIpc) is 2.60. The van der Waals surface area contributed by atoms with Crippen molar-refractivity contribution in [2.75, 3.05) is 6.61 Å². The lowest BCUT2D eigenvalue weighted by atomic mass is 9.85. The van der Waals surface area contributed by atoms with Crippen LogP contribution in [0.15, 0.2) is 24.3 Å². The van der Waals surface area contributed by atoms with Gasteiger partial charge in [-0.2, -0.15) is 0 Å². The predicted octanol–water partition coefficient (Wildman–Crippen LogP) is 5.22. The highest BCUT2D eigenvalue weighted by Crippen LogP contribution is 2.40. The molecular weight excluding hydrogens is 328 g/mol. The largest absolute Gasteiger partial charge is 0.508 e. The standard InChI is InChI=1S/C22H28O4/c1-6-13(3)21-15(5)18(8-9-19(21)23)22-14(4)10-17(11-16(22)7-2)26-12-20(24)25/h8-11,13,23H,6-7,12H2,1-5H3,(H,24,25). The van der Waals surface area contributed by atoms with E-state index in [1.165, 1.54) is 0 Å². The molecule has 2 rings (SSSR count). The molecule has 0 aliphatic carbocycles. The maximum atomic E-state index is 10.8. The van der Waals surface area contributed by atoms with E-state index >= 15 is 0 Å². The van der Waals surface area contributed by atoms with Gasteiger partial charge in [-0.3, -0.25) is 0 Å². The number of carboxylic acids is 1. The van der Waals surface area contributed by atoms with Crippen LogP contribution in [0, 0.1) is 13.8 Å². The fourth-order valence-electron chi connectivity index (χ4n) is 3.53. The van der Waals surface area contributed by atoms with Gasteiger partial charge in [0.1, 0.15) is 11.5 Å². The topological polar surface area (TPSA) is 66.8 Å². The summed E-state index contributed by atoms with van der Waals surface area (Å²) in [6.45, 7) is 10.0. The zero-order valence-corrected chi connectivity index (χ0v) is 16.2. The Morgan fingerprint density at radius 3 is 2.46 bits per heavy atom. The summed E-state index contributed by atoms with van der Waals surface area (Å²) in [6, 6.07) is 7.54. The second-order valence-corrected chi connectivity index (χ2v) is 6.79. The maximum Gasteiger partial charge on any atom is 0.341 e. The van der Waals surface area contributed by atoms with Crippen molar-refractivity contribution in [2.24, 2.45) is 0 Å². The van der Waals surface area contributed by atoms with Crippen LogP contribution >= 0.6 is 0 Å². The number of hydrogen-bond acceptors (Lipinski definition) is 3. The first-order chi connectivity index (χ1) is 12.3. The van der Waals surface area contributed by atoms with Gasteiger partial charge in [0.05, 0.1) is 0 Å². The Hall–Kier alpha value is -2.49. The zero-order chi connectivity index (χ0) is 19.4. The van der Waals surface area contributed by atoms with Gasteiger partial charge in [-0.25, -0.2) is 4.79 Å². The van der Waals surface area contributed by atoms with Crippen LogP contribution in [-0.2, 0) is 11.2 Å². The number of aromatic hydroxyl groups is 1. The minimum absolute atomic E-state index is 0.276. The van der Waals surface area contributed by atoms with Crippen LogP contribution in [0.3, 0.4) is 0 Å². The van der Waals surface area contributed by atoms with E-state index in [2.05, 4.69) is 27.7 Å². The molecule has 2 aromatic carbocycles. The number of phenolic OH excluding ortho intramolecular Hbond substituents is 1. The first kappa shape index (κ1) is 19.8. The number of benzene rings is 2. The molecule has 0 fully saturated rings. The Balaban J connectivity index is 2.60. The van der Waals surface area contributed by atoms with Crippen molar-refractivity contribution in [3.8, 4) is 22.6 Å². The van der Waals surface area contributed by atoms with Crippen LogP contribution in [0.2, 0.25) is 0 Å². The van der Waals surface area contributed by atoms with Gasteiger partial charge in [0.15, 0.2) is 6.61 Å². The molecule has 140 valence electrons. The fraction of sp³-hybridized carbons (Fsp3) is 0.409. The summed E-state index contributed by atoms with van der Waals surface area (Å²) in [7, 11) is 0. The monoisotopic (exact) mass is 356 g/mol. The summed E-state index contributed by atoms with van der Waals surface area (Å²) < 4.78 is 5.37. The summed E-state index contributed by atoms with van der Waals surface area (Å²) in [5.41, 5.74) is 6.48. The van der Waals surface area contributed by atoms with Crippen molar-refractivity contribution in [1.29, 1.82) is 0 Å². The van der Waals surface area contributed by atoms with Gasteiger partial charge >= 0.3 is 5.97 Å². The molecule has 1 unspecified atom stereocenters. The van der Waals surface area contributed by atoms with Gasteiger partial charge in [0.25, 0.3) is 0 Å². The van der Waals surface area contributed by atoms with E-state index in [4.69, 9.17) is 9.84 Å². The Labute approximate surface area is 155 Å². The quantitative estimate of drug-likeness (QED) is 0.714. The van der Waals surface area contributed by atoms with Crippen LogP contribution in [0.5, 0.6) is 11.5 Å². The lowest BCUT2D eigenvalue weighted by molar-refractivity contribution is -0.139. The van der Waals surface area contributed by atoms with Gasteiger partial charge in [0.2, 0.25) is 0 Å². The third kappa shape index (κ3) is 4.01. The maximum absolute atomic E-state index is 10.8. The summed E-state index contributed by atoms with van der Waals surface area (Å²) in [4.78, 5) is 10.8. The third-order valence-corrected chi connectivity index (χ3v) is 5.00. The van der Waals surface area contributed by atoms with Gasteiger partial charge in [0, 0.05) is 5.56 Å². The van der Waals surface area contributed by atoms with Crippen molar-refractivity contribution in [3.05, 3.63) is 46.5 Å². The second kappa shape index (κ2) is 8.26. The Kier molecular flexibility index (Phi) is 6.30. The van der Waals surface area contributed by atoms with E-state index in [-0.39, 0.29) is 12.5 Å². The molecule has 0 spiro atoms. The number of carbonyl (C=O) groups is 1. The smallest absolute Gasteiger partial charge is 0.341 e. The number of aliphatic carboxylic acids is 1. The summed E-state index contributed by atoms with van der Waals surface area (Å²) in [6.07, 6.45) is 1.76. The molecule has 0 amide bonds. The van der Waals surface area contributed by atoms with Gasteiger partial charge in [-0.1, -0.05) is 26.8 Å². The van der Waals surface area contributed by atoms with E-state index in [0.29, 0.717) is 11.5 Å². The molecule has 0 bridgehead atoms. The van der Waals surface area contributed by atoms with E-state index in [0.717, 1.165) is 46.2 Å². The van der Waals surface area contributed by atoms with E-state index in [1.54, 1.807) is 6.07 Å². The van der Waals surface area contributed by atoms with Crippen LogP contribution in [0.1, 0.15) is 55.4 Å². The summed E-state index contributed by atoms with van der Waals surface area (Å²) in [5.74, 6) is 0.206. The molecule has 0 radical (unpaired) electrons. The molecule has 0 aromatic heterocycles. The third-order valence-electron chi connectivity index (χ3n) is 5.00. The van der Waals surface area contributed by atoms with Crippen LogP contribution in [-0.4, -0.2) is 22.8 Å². The molecule has 26 heavy (non-hydrogen) atoms. The van der Waals surface area contributed by atoms with Crippen molar-refractivity contribution >= 4 is 5.97 Å². The Morgan fingerprint density at radius 1 is 1.19 bits per heavy atom. The molecule has 0 heterocycles. The fourth-order valence-corrected chi connectivity index (χ4v) is 3.53. The molecule has 1 atom stereocenters. The molecule has 0 aliphatic rings. The SMILES string of the molecule is CCc1cc(OCC(=O)O)cc(C)c1-c1ccc(O)c(C(C)CC)c1C. The first-order valence-electron chi connectivity index (χ1n) is 9.11. The second-order valence-electron chi connectivity index (χ2n) is 6.79. The van der Waals surface area contributed by atoms with Crippen LogP contribution in [0.4, 0.5) is 0 Å². The summed E-state index contributed by atoms with van der Waals surface area (Å²) in [5, 5.41) is 19.2. The van der Waals surface area contributed by atoms with Crippen molar-refractivity contribution < 1.29 is 19.7 Å². The van der Waals surface area contributed by atoms with Crippen LogP contribution < -0.4 is 4.74 Å². The molecule has 2 aromatic rings. The zero-order valence-electron chi connectivity index (χ0n) is 16.2. The predicted molar refractivity (Wildman–Crippen MR) is 104 cm³/mol. The molecule has 4 nitrogen and oxygen atoms in total. The number of phenols is 1. The highest BCUT2D eigenvalue weighted by Gasteiger charge is 2.19. The summed E-state index contributed by atoms with van der Waals surface area (Å²) >= 11 is 0. The Bertz CT molecular complexity index is 808. The van der Waals surface area contributed by atoms with Crippen molar-refractivity contribution in [1.82, 2.24) is 0 Å². The number of rotatable bonds is 7. The highest BCUT2D eigenvalue weighted by molar-refractivity contribution is 5.77. The molecule has 4 heteroatoms. The normalized spacial score (nSPS) is 12.0. The van der Waals surface area contributed by atoms with Crippen LogP contribution in [0.25, 0.3) is 11.1 Å².